The third-order valence-corrected chi connectivity index (χ3v) is 5.31. The lowest BCUT2D eigenvalue weighted by Crippen LogP contribution is -2.58. The molecule has 1 saturated heterocycles. The summed E-state index contributed by atoms with van der Waals surface area (Å²) in [6, 6.07) is 0.0260. The van der Waals surface area contributed by atoms with Gasteiger partial charge in [-0.2, -0.15) is 0 Å². The highest BCUT2D eigenvalue weighted by atomic mass is 32.2. The van der Waals surface area contributed by atoms with E-state index in [2.05, 4.69) is 17.1 Å². The molecule has 5 nitrogen and oxygen atoms in total. The summed E-state index contributed by atoms with van der Waals surface area (Å²) >= 11 is 0. The maximum absolute atomic E-state index is 11.5. The van der Waals surface area contributed by atoms with Crippen LogP contribution in [-0.2, 0) is 9.84 Å². The normalized spacial score (nSPS) is 27.9. The van der Waals surface area contributed by atoms with Gasteiger partial charge in [-0.05, 0) is 26.8 Å². The van der Waals surface area contributed by atoms with E-state index in [9.17, 15) is 13.5 Å². The van der Waals surface area contributed by atoms with Gasteiger partial charge in [0.25, 0.3) is 0 Å². The molecule has 0 radical (unpaired) electrons. The van der Waals surface area contributed by atoms with Gasteiger partial charge in [0.05, 0.1) is 23.7 Å². The van der Waals surface area contributed by atoms with E-state index in [-0.39, 0.29) is 29.7 Å². The smallest absolute Gasteiger partial charge is 0.153 e. The summed E-state index contributed by atoms with van der Waals surface area (Å²) in [6.45, 7) is 8.17. The molecule has 1 heterocycles. The van der Waals surface area contributed by atoms with Crippen molar-refractivity contribution in [2.45, 2.75) is 38.8 Å². The van der Waals surface area contributed by atoms with Gasteiger partial charge < -0.3 is 10.4 Å². The molecular formula is C12H26N2O3S. The molecule has 0 aromatic heterocycles. The molecule has 0 amide bonds. The Kier molecular flexibility index (Phi) is 5.58. The SMILES string of the molecule is CCCNC(C)(CO)CN1CCS(=O)(=O)CC1C. The van der Waals surface area contributed by atoms with Crippen molar-refractivity contribution in [2.75, 3.05) is 37.7 Å². The van der Waals surface area contributed by atoms with E-state index in [0.29, 0.717) is 13.1 Å². The van der Waals surface area contributed by atoms with Crippen molar-refractivity contribution in [3.8, 4) is 0 Å². The molecule has 0 spiro atoms. The zero-order chi connectivity index (χ0) is 13.8. The number of aliphatic hydroxyl groups is 1. The maximum atomic E-state index is 11.5. The molecule has 0 saturated carbocycles. The summed E-state index contributed by atoms with van der Waals surface area (Å²) in [7, 11) is -2.87. The zero-order valence-electron chi connectivity index (χ0n) is 11.6. The largest absolute Gasteiger partial charge is 0.394 e. The predicted molar refractivity (Wildman–Crippen MR) is 73.5 cm³/mol. The molecule has 1 aliphatic heterocycles. The van der Waals surface area contributed by atoms with Gasteiger partial charge in [0.15, 0.2) is 9.84 Å². The van der Waals surface area contributed by atoms with Crippen LogP contribution in [-0.4, -0.2) is 67.8 Å². The summed E-state index contributed by atoms with van der Waals surface area (Å²) < 4.78 is 23.0. The monoisotopic (exact) mass is 278 g/mol. The van der Waals surface area contributed by atoms with Gasteiger partial charge in [-0.1, -0.05) is 6.92 Å². The molecule has 0 bridgehead atoms. The Morgan fingerprint density at radius 1 is 1.50 bits per heavy atom. The van der Waals surface area contributed by atoms with Gasteiger partial charge in [0.1, 0.15) is 0 Å². The van der Waals surface area contributed by atoms with Crippen LogP contribution in [0.5, 0.6) is 0 Å². The number of nitrogens with zero attached hydrogens (tertiary/aromatic N) is 1. The molecule has 0 aromatic rings. The lowest BCUT2D eigenvalue weighted by molar-refractivity contribution is 0.105. The fourth-order valence-corrected chi connectivity index (χ4v) is 3.93. The Balaban J connectivity index is 2.60. The van der Waals surface area contributed by atoms with Crippen molar-refractivity contribution in [3.05, 3.63) is 0 Å². The van der Waals surface area contributed by atoms with E-state index in [1.54, 1.807) is 0 Å². The van der Waals surface area contributed by atoms with Crippen molar-refractivity contribution < 1.29 is 13.5 Å². The van der Waals surface area contributed by atoms with Gasteiger partial charge in [0.2, 0.25) is 0 Å². The van der Waals surface area contributed by atoms with Crippen LogP contribution in [0.3, 0.4) is 0 Å². The van der Waals surface area contributed by atoms with Crippen LogP contribution in [0.25, 0.3) is 0 Å². The summed E-state index contributed by atoms with van der Waals surface area (Å²) in [5, 5.41) is 12.9. The van der Waals surface area contributed by atoms with E-state index in [1.165, 1.54) is 0 Å². The highest BCUT2D eigenvalue weighted by molar-refractivity contribution is 7.91. The highest BCUT2D eigenvalue weighted by Gasteiger charge is 2.33. The van der Waals surface area contributed by atoms with Gasteiger partial charge in [-0.25, -0.2) is 8.42 Å². The van der Waals surface area contributed by atoms with Crippen LogP contribution >= 0.6 is 0 Å². The minimum Gasteiger partial charge on any atom is -0.394 e. The molecular weight excluding hydrogens is 252 g/mol. The number of hydrogen-bond donors (Lipinski definition) is 2. The number of rotatable bonds is 6. The molecule has 108 valence electrons. The van der Waals surface area contributed by atoms with Crippen molar-refractivity contribution in [3.63, 3.8) is 0 Å². The minimum absolute atomic E-state index is 0.0260. The van der Waals surface area contributed by atoms with Gasteiger partial charge in [-0.3, -0.25) is 4.90 Å². The molecule has 2 N–H and O–H groups in total. The molecule has 2 atom stereocenters. The number of hydrogen-bond acceptors (Lipinski definition) is 5. The average Bonchev–Trinajstić information content (AvgIpc) is 2.30. The first-order valence-corrected chi connectivity index (χ1v) is 8.44. The Bertz CT molecular complexity index is 358. The number of sulfone groups is 1. The van der Waals surface area contributed by atoms with Crippen molar-refractivity contribution in [1.82, 2.24) is 10.2 Å². The highest BCUT2D eigenvalue weighted by Crippen LogP contribution is 2.15. The molecule has 0 aromatic carbocycles. The topological polar surface area (TPSA) is 69.6 Å². The van der Waals surface area contributed by atoms with Crippen molar-refractivity contribution in [1.29, 1.82) is 0 Å². The van der Waals surface area contributed by atoms with E-state index < -0.39 is 9.84 Å². The maximum Gasteiger partial charge on any atom is 0.153 e. The molecule has 1 fully saturated rings. The first-order valence-electron chi connectivity index (χ1n) is 6.62. The predicted octanol–water partition coefficient (Wildman–Crippen LogP) is -0.144. The molecule has 1 rings (SSSR count). The molecule has 1 aliphatic rings. The summed E-state index contributed by atoms with van der Waals surface area (Å²) in [5.41, 5.74) is -0.356. The van der Waals surface area contributed by atoms with Gasteiger partial charge >= 0.3 is 0 Å². The summed E-state index contributed by atoms with van der Waals surface area (Å²) in [5.74, 6) is 0.453. The average molecular weight is 278 g/mol. The first kappa shape index (κ1) is 15.9. The van der Waals surface area contributed by atoms with Crippen LogP contribution in [0, 0.1) is 0 Å². The van der Waals surface area contributed by atoms with Gasteiger partial charge in [0, 0.05) is 19.1 Å². The number of nitrogens with one attached hydrogen (secondary N) is 1. The van der Waals surface area contributed by atoms with Crippen LogP contribution in [0.1, 0.15) is 27.2 Å². The third kappa shape index (κ3) is 4.50. The summed E-state index contributed by atoms with van der Waals surface area (Å²) in [4.78, 5) is 2.15. The third-order valence-electron chi connectivity index (χ3n) is 3.51. The van der Waals surface area contributed by atoms with E-state index in [0.717, 1.165) is 13.0 Å². The Hall–Kier alpha value is -0.170. The first-order chi connectivity index (χ1) is 8.32. The number of aliphatic hydroxyl groups excluding tert-OH is 1. The van der Waals surface area contributed by atoms with Crippen LogP contribution in [0.15, 0.2) is 0 Å². The van der Waals surface area contributed by atoms with Crippen LogP contribution < -0.4 is 5.32 Å². The lowest BCUT2D eigenvalue weighted by Gasteiger charge is -2.40. The van der Waals surface area contributed by atoms with Crippen molar-refractivity contribution in [2.24, 2.45) is 0 Å². The fourth-order valence-electron chi connectivity index (χ4n) is 2.30. The zero-order valence-corrected chi connectivity index (χ0v) is 12.5. The molecule has 0 aliphatic carbocycles. The summed E-state index contributed by atoms with van der Waals surface area (Å²) in [6.07, 6.45) is 1.01. The molecule has 18 heavy (non-hydrogen) atoms. The van der Waals surface area contributed by atoms with E-state index >= 15 is 0 Å². The Morgan fingerprint density at radius 2 is 2.17 bits per heavy atom. The van der Waals surface area contributed by atoms with Crippen LogP contribution in [0.2, 0.25) is 0 Å². The second-order valence-corrected chi connectivity index (χ2v) is 7.81. The second-order valence-electron chi connectivity index (χ2n) is 5.58. The van der Waals surface area contributed by atoms with Crippen LogP contribution in [0.4, 0.5) is 0 Å². The van der Waals surface area contributed by atoms with E-state index in [4.69, 9.17) is 0 Å². The second kappa shape index (κ2) is 6.32. The standard InChI is InChI=1S/C12H26N2O3S/c1-4-5-13-12(3,10-15)9-14-6-7-18(16,17)8-11(14)2/h11,13,15H,4-10H2,1-3H3. The lowest BCUT2D eigenvalue weighted by atomic mass is 10.0. The molecule has 2 unspecified atom stereocenters. The van der Waals surface area contributed by atoms with E-state index in [1.807, 2.05) is 13.8 Å². The Morgan fingerprint density at radius 3 is 2.67 bits per heavy atom. The fraction of sp³-hybridized carbons (Fsp3) is 1.00. The van der Waals surface area contributed by atoms with Crippen molar-refractivity contribution >= 4 is 9.84 Å². The Labute approximate surface area is 110 Å². The van der Waals surface area contributed by atoms with Gasteiger partial charge in [-0.15, -0.1) is 0 Å². The molecule has 6 heteroatoms. The quantitative estimate of drug-likeness (QED) is 0.707. The minimum atomic E-state index is -2.87.